The number of nitrogen functional groups attached to an aromatic ring is 1. The molecule has 0 aliphatic rings. The second-order valence-corrected chi connectivity index (χ2v) is 13.8. The van der Waals surface area contributed by atoms with Gasteiger partial charge in [0.1, 0.15) is 6.04 Å². The highest BCUT2D eigenvalue weighted by atomic mass is 32.2. The number of amides is 1. The van der Waals surface area contributed by atoms with Crippen molar-refractivity contribution in [1.82, 2.24) is 19.8 Å². The monoisotopic (exact) mass is 695 g/mol. The van der Waals surface area contributed by atoms with Crippen LogP contribution < -0.4 is 11.1 Å². The smallest absolute Gasteiger partial charge is 0.407 e. The lowest BCUT2D eigenvalue weighted by molar-refractivity contribution is -0.120. The lowest BCUT2D eigenvalue weighted by Crippen LogP contribution is -2.46. The molecular formula is C38H41N5O6S. The van der Waals surface area contributed by atoms with Crippen LogP contribution >= 0.6 is 0 Å². The molecule has 1 amide bonds. The molecule has 0 radical (unpaired) electrons. The van der Waals surface area contributed by atoms with Crippen LogP contribution in [0.1, 0.15) is 40.2 Å². The molecule has 0 saturated heterocycles. The molecule has 12 heteroatoms. The average molecular weight is 696 g/mol. The van der Waals surface area contributed by atoms with Crippen molar-refractivity contribution in [1.29, 1.82) is 0 Å². The summed E-state index contributed by atoms with van der Waals surface area (Å²) in [5.74, 6) is -0.725. The number of hydrogen-bond donors (Lipinski definition) is 4. The minimum absolute atomic E-state index is 0.00668. The number of nitrogens with two attached hydrogens (primary N) is 1. The van der Waals surface area contributed by atoms with Gasteiger partial charge < -0.3 is 20.9 Å². The third-order valence-corrected chi connectivity index (χ3v) is 10.6. The van der Waals surface area contributed by atoms with Gasteiger partial charge in [-0.25, -0.2) is 13.2 Å². The summed E-state index contributed by atoms with van der Waals surface area (Å²) in [6.45, 7) is -0.454. The minimum atomic E-state index is -4.06. The molecule has 0 fully saturated rings. The number of hydrogen-bond acceptors (Lipinski definition) is 8. The van der Waals surface area contributed by atoms with Gasteiger partial charge in [0.05, 0.1) is 24.8 Å². The average Bonchev–Trinajstić information content (AvgIpc) is 3.66. The SMILES string of the molecule is COC(=O)N[C@H](C(=O)Cc1ccccc1CC[C@@H](CO)N(Cc1cn[nH]c1)S(=O)(=O)c1ccc(N)cc1)C(c1ccccc1)c1ccccc1. The van der Waals surface area contributed by atoms with E-state index >= 15 is 0 Å². The Morgan fingerprint density at radius 3 is 2.06 bits per heavy atom. The topological polar surface area (TPSA) is 168 Å². The van der Waals surface area contributed by atoms with Gasteiger partial charge in [-0.1, -0.05) is 84.9 Å². The van der Waals surface area contributed by atoms with Crippen molar-refractivity contribution in [2.45, 2.75) is 48.7 Å². The summed E-state index contributed by atoms with van der Waals surface area (Å²) in [5, 5.41) is 20.0. The van der Waals surface area contributed by atoms with E-state index in [9.17, 15) is 23.1 Å². The number of sulfonamides is 1. The number of alkyl carbamates (subject to hydrolysis) is 1. The number of carbonyl (C=O) groups excluding carboxylic acids is 2. The number of aryl methyl sites for hydroxylation is 1. The maximum Gasteiger partial charge on any atom is 0.407 e. The Kier molecular flexibility index (Phi) is 12.2. The molecule has 50 heavy (non-hydrogen) atoms. The summed E-state index contributed by atoms with van der Waals surface area (Å²) in [4.78, 5) is 27.0. The van der Waals surface area contributed by atoms with Crippen LogP contribution in [0.3, 0.4) is 0 Å². The number of aromatic nitrogens is 2. The molecule has 5 N–H and O–H groups in total. The number of rotatable bonds is 16. The van der Waals surface area contributed by atoms with Gasteiger partial charge in [-0.3, -0.25) is 9.89 Å². The summed E-state index contributed by atoms with van der Waals surface area (Å²) < 4.78 is 34.1. The molecule has 0 spiro atoms. The van der Waals surface area contributed by atoms with E-state index in [1.807, 2.05) is 84.9 Å². The Labute approximate surface area is 292 Å². The Morgan fingerprint density at radius 2 is 1.50 bits per heavy atom. The van der Waals surface area contributed by atoms with Gasteiger partial charge >= 0.3 is 6.09 Å². The third kappa shape index (κ3) is 8.83. The van der Waals surface area contributed by atoms with E-state index in [1.54, 1.807) is 6.20 Å². The number of methoxy groups -OCH3 is 1. The van der Waals surface area contributed by atoms with Crippen LogP contribution in [0.5, 0.6) is 0 Å². The van der Waals surface area contributed by atoms with Crippen molar-refractivity contribution in [3.8, 4) is 0 Å². The predicted molar refractivity (Wildman–Crippen MR) is 191 cm³/mol. The van der Waals surface area contributed by atoms with Crippen LogP contribution in [-0.2, 0) is 38.9 Å². The number of Topliss-reactive ketones (excluding diaryl/α,β-unsaturated/α-hetero) is 1. The number of carbonyl (C=O) groups is 2. The number of anilines is 1. The van der Waals surface area contributed by atoms with E-state index in [0.717, 1.165) is 22.3 Å². The Bertz CT molecular complexity index is 1900. The van der Waals surface area contributed by atoms with Crippen molar-refractivity contribution in [3.63, 3.8) is 0 Å². The van der Waals surface area contributed by atoms with Gasteiger partial charge in [-0.15, -0.1) is 0 Å². The molecular weight excluding hydrogens is 655 g/mol. The molecule has 260 valence electrons. The van der Waals surface area contributed by atoms with Gasteiger partial charge in [0.2, 0.25) is 10.0 Å². The van der Waals surface area contributed by atoms with E-state index < -0.39 is 40.7 Å². The summed E-state index contributed by atoms with van der Waals surface area (Å²) >= 11 is 0. The first-order valence-electron chi connectivity index (χ1n) is 16.2. The van der Waals surface area contributed by atoms with Crippen molar-refractivity contribution in [2.24, 2.45) is 0 Å². The fourth-order valence-electron chi connectivity index (χ4n) is 6.08. The van der Waals surface area contributed by atoms with E-state index in [2.05, 4.69) is 15.5 Å². The summed E-state index contributed by atoms with van der Waals surface area (Å²) in [5.41, 5.74) is 10.1. The molecule has 0 aliphatic heterocycles. The number of H-pyrrole nitrogens is 1. The van der Waals surface area contributed by atoms with Gasteiger partial charge in [0, 0.05) is 42.4 Å². The van der Waals surface area contributed by atoms with Crippen molar-refractivity contribution < 1.29 is 27.9 Å². The van der Waals surface area contributed by atoms with Gasteiger partial charge in [-0.2, -0.15) is 9.40 Å². The molecule has 0 bridgehead atoms. The number of nitrogens with one attached hydrogen (secondary N) is 2. The fourth-order valence-corrected chi connectivity index (χ4v) is 7.72. The predicted octanol–water partition coefficient (Wildman–Crippen LogP) is 4.84. The zero-order chi connectivity index (χ0) is 35.5. The first kappa shape index (κ1) is 36.0. The van der Waals surface area contributed by atoms with Gasteiger partial charge in [-0.05, 0) is 59.4 Å². The molecule has 2 atom stereocenters. The number of aromatic amines is 1. The van der Waals surface area contributed by atoms with E-state index in [-0.39, 0.29) is 30.1 Å². The highest BCUT2D eigenvalue weighted by molar-refractivity contribution is 7.89. The summed E-state index contributed by atoms with van der Waals surface area (Å²) in [7, 11) is -2.80. The molecule has 0 aliphatic carbocycles. The van der Waals surface area contributed by atoms with Gasteiger partial charge in [0.25, 0.3) is 0 Å². The fraction of sp³-hybridized carbons (Fsp3) is 0.237. The Hall–Kier alpha value is -5.30. The van der Waals surface area contributed by atoms with Crippen LogP contribution in [-0.4, -0.2) is 65.7 Å². The van der Waals surface area contributed by atoms with E-state index in [0.29, 0.717) is 17.7 Å². The highest BCUT2D eigenvalue weighted by Gasteiger charge is 2.34. The van der Waals surface area contributed by atoms with Crippen LogP contribution in [0.15, 0.2) is 126 Å². The second-order valence-electron chi connectivity index (χ2n) is 11.9. The number of ketones is 1. The quantitative estimate of drug-likeness (QED) is 0.106. The lowest BCUT2D eigenvalue weighted by Gasteiger charge is -2.30. The molecule has 5 aromatic rings. The maximum absolute atomic E-state index is 14.3. The highest BCUT2D eigenvalue weighted by Crippen LogP contribution is 2.30. The number of nitrogens with zero attached hydrogens (tertiary/aromatic N) is 2. The number of aliphatic hydroxyl groups excluding tert-OH is 1. The van der Waals surface area contributed by atoms with Crippen LogP contribution in [0.2, 0.25) is 0 Å². The van der Waals surface area contributed by atoms with Crippen LogP contribution in [0.4, 0.5) is 10.5 Å². The number of ether oxygens (including phenoxy) is 1. The standard InChI is InChI=1S/C38H41N5O6S/c1-49-38(46)42-37(36(29-11-4-2-5-12-29)30-13-6-3-7-14-30)35(45)22-31-15-9-8-10-28(31)16-19-33(26-44)43(25-27-23-40-41-24-27)50(47,48)34-20-17-32(39)18-21-34/h2-15,17-18,20-21,23-24,33,36-37,44H,16,19,22,25-26,39H2,1H3,(H,40,41)(H,42,46)/t33-,37+/m0/s1. The molecule has 0 saturated carbocycles. The first-order chi connectivity index (χ1) is 24.2. The molecule has 5 rings (SSSR count). The van der Waals surface area contributed by atoms with E-state index in [4.69, 9.17) is 10.5 Å². The Morgan fingerprint density at radius 1 is 0.900 bits per heavy atom. The van der Waals surface area contributed by atoms with Crippen LogP contribution in [0.25, 0.3) is 0 Å². The summed E-state index contributed by atoms with van der Waals surface area (Å²) in [6.07, 6.45) is 3.04. The second kappa shape index (κ2) is 16.9. The largest absolute Gasteiger partial charge is 0.453 e. The normalized spacial score (nSPS) is 12.8. The van der Waals surface area contributed by atoms with Crippen LogP contribution in [0, 0.1) is 0 Å². The summed E-state index contributed by atoms with van der Waals surface area (Å²) in [6, 6.07) is 30.6. The van der Waals surface area contributed by atoms with Gasteiger partial charge in [0.15, 0.2) is 5.78 Å². The van der Waals surface area contributed by atoms with Crippen molar-refractivity contribution >= 4 is 27.6 Å². The third-order valence-electron chi connectivity index (χ3n) is 8.68. The lowest BCUT2D eigenvalue weighted by atomic mass is 9.81. The zero-order valence-electron chi connectivity index (χ0n) is 27.7. The molecule has 0 unspecified atom stereocenters. The minimum Gasteiger partial charge on any atom is -0.453 e. The molecule has 4 aromatic carbocycles. The number of aliphatic hydroxyl groups is 1. The Balaban J connectivity index is 1.42. The zero-order valence-corrected chi connectivity index (χ0v) is 28.5. The van der Waals surface area contributed by atoms with E-state index in [1.165, 1.54) is 41.9 Å². The molecule has 1 heterocycles. The molecule has 11 nitrogen and oxygen atoms in total. The maximum atomic E-state index is 14.3. The number of benzene rings is 4. The first-order valence-corrected chi connectivity index (χ1v) is 17.6. The molecule has 1 aromatic heterocycles. The van der Waals surface area contributed by atoms with Crippen molar-refractivity contribution in [2.75, 3.05) is 19.5 Å². The van der Waals surface area contributed by atoms with Crippen molar-refractivity contribution in [3.05, 3.63) is 149 Å².